The Hall–Kier alpha value is -5.34. The van der Waals surface area contributed by atoms with Gasteiger partial charge in [-0.3, -0.25) is 0 Å². The lowest BCUT2D eigenvalue weighted by Crippen LogP contribution is -2.55. The highest BCUT2D eigenvalue weighted by molar-refractivity contribution is 6.96. The van der Waals surface area contributed by atoms with Gasteiger partial charge in [0, 0.05) is 16.5 Å². The van der Waals surface area contributed by atoms with Crippen LogP contribution in [0.25, 0.3) is 49.4 Å². The second-order valence-electron chi connectivity index (χ2n) is 13.8. The van der Waals surface area contributed by atoms with Crippen LogP contribution in [0.15, 0.2) is 133 Å². The number of para-hydroxylation sites is 2. The second-order valence-corrected chi connectivity index (χ2v) is 13.8. The Balaban J connectivity index is 1.19. The molecule has 0 aliphatic carbocycles. The fraction of sp³-hybridized carbons (Fsp3) is 0.130. The zero-order valence-corrected chi connectivity index (χ0v) is 28.7. The summed E-state index contributed by atoms with van der Waals surface area (Å²) in [6.45, 7) is 13.7. The van der Waals surface area contributed by atoms with Crippen LogP contribution >= 0.6 is 0 Å². The van der Waals surface area contributed by atoms with Gasteiger partial charge >= 0.3 is 0 Å². The maximum Gasteiger partial charge on any atom is 0.242 e. The van der Waals surface area contributed by atoms with Crippen molar-refractivity contribution in [1.29, 1.82) is 0 Å². The van der Waals surface area contributed by atoms with Gasteiger partial charge in [-0.2, -0.15) is 0 Å². The highest BCUT2D eigenvalue weighted by Crippen LogP contribution is 2.33. The SMILES string of the molecule is Cc1cc(C)c(B(c2ccc3cc(-c4ccc(-n5c6ccccc6c6ccccc65)cc4)ccc3c2)c2c(C)cc(C)cc2C)c(C)c1. The van der Waals surface area contributed by atoms with Gasteiger partial charge in [0.2, 0.25) is 6.71 Å². The molecule has 1 heterocycles. The largest absolute Gasteiger partial charge is 0.309 e. The Kier molecular flexibility index (Phi) is 7.33. The van der Waals surface area contributed by atoms with E-state index in [1.54, 1.807) is 0 Å². The van der Waals surface area contributed by atoms with Gasteiger partial charge in [0.25, 0.3) is 0 Å². The van der Waals surface area contributed by atoms with E-state index in [0.29, 0.717) is 0 Å². The normalized spacial score (nSPS) is 11.5. The van der Waals surface area contributed by atoms with Gasteiger partial charge in [-0.05, 0) is 93.8 Å². The lowest BCUT2D eigenvalue weighted by molar-refractivity contribution is 1.18. The molecule has 0 aliphatic heterocycles. The van der Waals surface area contributed by atoms with Crippen LogP contribution in [0.3, 0.4) is 0 Å². The Labute approximate surface area is 284 Å². The Bertz CT molecular complexity index is 2360. The second kappa shape index (κ2) is 11.7. The minimum absolute atomic E-state index is 0.170. The zero-order valence-electron chi connectivity index (χ0n) is 28.7. The van der Waals surface area contributed by atoms with Gasteiger partial charge in [-0.1, -0.05) is 153 Å². The summed E-state index contributed by atoms with van der Waals surface area (Å²) in [4.78, 5) is 0. The van der Waals surface area contributed by atoms with Crippen molar-refractivity contribution in [1.82, 2.24) is 4.57 Å². The molecule has 0 unspecified atom stereocenters. The highest BCUT2D eigenvalue weighted by atomic mass is 15.0. The van der Waals surface area contributed by atoms with Crippen molar-refractivity contribution in [3.05, 3.63) is 167 Å². The van der Waals surface area contributed by atoms with Crippen LogP contribution in [0.1, 0.15) is 33.4 Å². The molecule has 2 heteroatoms. The van der Waals surface area contributed by atoms with E-state index in [2.05, 4.69) is 180 Å². The van der Waals surface area contributed by atoms with Gasteiger partial charge in [-0.15, -0.1) is 0 Å². The molecule has 0 atom stereocenters. The molecule has 0 aliphatic rings. The monoisotopic (exact) mass is 617 g/mol. The molecule has 1 aromatic heterocycles. The van der Waals surface area contributed by atoms with E-state index >= 15 is 0 Å². The molecule has 8 aromatic rings. The number of aryl methyl sites for hydroxylation is 6. The topological polar surface area (TPSA) is 4.93 Å². The molecule has 0 fully saturated rings. The van der Waals surface area contributed by atoms with Gasteiger partial charge in [0.1, 0.15) is 0 Å². The Morgan fingerprint density at radius 1 is 0.417 bits per heavy atom. The molecule has 0 saturated carbocycles. The van der Waals surface area contributed by atoms with E-state index in [9.17, 15) is 0 Å². The molecule has 48 heavy (non-hydrogen) atoms. The predicted molar refractivity (Wildman–Crippen MR) is 210 cm³/mol. The van der Waals surface area contributed by atoms with Crippen LogP contribution < -0.4 is 16.4 Å². The van der Waals surface area contributed by atoms with Crippen LogP contribution in [0.4, 0.5) is 0 Å². The van der Waals surface area contributed by atoms with Crippen molar-refractivity contribution < 1.29 is 0 Å². The van der Waals surface area contributed by atoms with Crippen molar-refractivity contribution in [2.75, 3.05) is 0 Å². The highest BCUT2D eigenvalue weighted by Gasteiger charge is 2.28. The van der Waals surface area contributed by atoms with Crippen LogP contribution in [0.2, 0.25) is 0 Å². The maximum atomic E-state index is 2.42. The van der Waals surface area contributed by atoms with E-state index in [1.165, 1.54) is 99.2 Å². The van der Waals surface area contributed by atoms with E-state index in [0.717, 1.165) is 0 Å². The number of benzene rings is 7. The van der Waals surface area contributed by atoms with Crippen molar-refractivity contribution in [2.24, 2.45) is 0 Å². The molecule has 0 radical (unpaired) electrons. The first-order valence-electron chi connectivity index (χ1n) is 17.0. The van der Waals surface area contributed by atoms with Gasteiger partial charge in [0.15, 0.2) is 0 Å². The molecule has 0 spiro atoms. The maximum absolute atomic E-state index is 2.42. The zero-order chi connectivity index (χ0) is 33.1. The summed E-state index contributed by atoms with van der Waals surface area (Å²) in [6, 6.07) is 49.8. The first-order chi connectivity index (χ1) is 23.3. The average Bonchev–Trinajstić information content (AvgIpc) is 3.41. The Morgan fingerprint density at radius 2 is 0.875 bits per heavy atom. The number of nitrogens with zero attached hydrogens (tertiary/aromatic N) is 1. The summed E-state index contributed by atoms with van der Waals surface area (Å²) >= 11 is 0. The van der Waals surface area contributed by atoms with Crippen molar-refractivity contribution in [3.8, 4) is 16.8 Å². The minimum atomic E-state index is 0.170. The first-order valence-corrected chi connectivity index (χ1v) is 17.0. The molecular weight excluding hydrogens is 577 g/mol. The third-order valence-electron chi connectivity index (χ3n) is 10.3. The van der Waals surface area contributed by atoms with E-state index in [1.807, 2.05) is 0 Å². The number of fused-ring (bicyclic) bond motifs is 4. The smallest absolute Gasteiger partial charge is 0.242 e. The molecule has 8 rings (SSSR count). The summed E-state index contributed by atoms with van der Waals surface area (Å²) in [6.07, 6.45) is 0. The van der Waals surface area contributed by atoms with Gasteiger partial charge in [0.05, 0.1) is 11.0 Å². The predicted octanol–water partition coefficient (Wildman–Crippen LogP) is 9.97. The molecule has 1 nitrogen and oxygen atoms in total. The van der Waals surface area contributed by atoms with E-state index in [-0.39, 0.29) is 6.71 Å². The summed E-state index contributed by atoms with van der Waals surface area (Å²) in [7, 11) is 0. The van der Waals surface area contributed by atoms with Crippen molar-refractivity contribution in [3.63, 3.8) is 0 Å². The quantitative estimate of drug-likeness (QED) is 0.170. The van der Waals surface area contributed by atoms with Gasteiger partial charge < -0.3 is 4.57 Å². The summed E-state index contributed by atoms with van der Waals surface area (Å²) < 4.78 is 2.38. The van der Waals surface area contributed by atoms with Crippen LogP contribution in [0.5, 0.6) is 0 Å². The molecule has 0 N–H and O–H groups in total. The van der Waals surface area contributed by atoms with E-state index < -0.39 is 0 Å². The molecule has 0 amide bonds. The van der Waals surface area contributed by atoms with E-state index in [4.69, 9.17) is 0 Å². The molecule has 0 bridgehead atoms. The third kappa shape index (κ3) is 5.04. The number of hydrogen-bond donors (Lipinski definition) is 0. The number of hydrogen-bond acceptors (Lipinski definition) is 0. The summed E-state index contributed by atoms with van der Waals surface area (Å²) in [5.74, 6) is 0. The van der Waals surface area contributed by atoms with Crippen molar-refractivity contribution in [2.45, 2.75) is 41.5 Å². The van der Waals surface area contributed by atoms with Crippen molar-refractivity contribution >= 4 is 55.7 Å². The fourth-order valence-electron chi connectivity index (χ4n) is 8.40. The number of aromatic nitrogens is 1. The molecule has 0 saturated heterocycles. The standard InChI is InChI=1S/C46H40BN/c1-29-23-31(3)45(32(4)24-29)47(46-33(5)25-30(2)26-34(46)6)39-20-17-37-27-36(15-16-38(37)28-39)35-18-21-40(22-19-35)48-43-13-9-7-11-41(43)42-12-8-10-14-44(42)48/h7-28H,1-6H3. The summed E-state index contributed by atoms with van der Waals surface area (Å²) in [5, 5.41) is 5.10. The van der Waals surface area contributed by atoms with Crippen LogP contribution in [0, 0.1) is 41.5 Å². The van der Waals surface area contributed by atoms with Crippen LogP contribution in [-0.4, -0.2) is 11.3 Å². The van der Waals surface area contributed by atoms with Crippen LogP contribution in [-0.2, 0) is 0 Å². The summed E-state index contributed by atoms with van der Waals surface area (Å²) in [5.41, 5.74) is 18.4. The molecule has 232 valence electrons. The fourth-order valence-corrected chi connectivity index (χ4v) is 8.40. The average molecular weight is 618 g/mol. The first kappa shape index (κ1) is 30.0. The molecule has 7 aromatic carbocycles. The third-order valence-corrected chi connectivity index (χ3v) is 10.3. The molecular formula is C46H40BN. The Morgan fingerprint density at radius 3 is 1.42 bits per heavy atom. The lowest BCUT2D eigenvalue weighted by Gasteiger charge is -2.25. The minimum Gasteiger partial charge on any atom is -0.309 e. The lowest BCUT2D eigenvalue weighted by atomic mass is 9.34. The van der Waals surface area contributed by atoms with Gasteiger partial charge in [-0.25, -0.2) is 0 Å². The number of rotatable bonds is 5.